The quantitative estimate of drug-likeness (QED) is 0.813. The fourth-order valence-corrected chi connectivity index (χ4v) is 1.43. The smallest absolute Gasteiger partial charge is 0.329 e. The van der Waals surface area contributed by atoms with Crippen molar-refractivity contribution in [3.05, 3.63) is 34.9 Å². The lowest BCUT2D eigenvalue weighted by molar-refractivity contribution is -0.143. The molecule has 1 aromatic rings. The average molecular weight is 272 g/mol. The molecule has 1 rings (SSSR count). The molecule has 0 unspecified atom stereocenters. The van der Waals surface area contributed by atoms with Crippen LogP contribution >= 0.6 is 0 Å². The molecular weight excluding hydrogens is 262 g/mol. The first-order valence-corrected chi connectivity index (χ1v) is 4.81. The van der Waals surface area contributed by atoms with Gasteiger partial charge in [-0.25, -0.2) is 0 Å². The van der Waals surface area contributed by atoms with Gasteiger partial charge in [-0.2, -0.15) is 26.3 Å². The lowest BCUT2D eigenvalue weighted by atomic mass is 9.97. The monoisotopic (exact) mass is 272 g/mol. The number of benzene rings is 1. The molecule has 0 heterocycles. The van der Waals surface area contributed by atoms with Crippen molar-refractivity contribution in [2.45, 2.75) is 18.4 Å². The first kappa shape index (κ1) is 14.8. The van der Waals surface area contributed by atoms with E-state index >= 15 is 0 Å². The molecular formula is C10H10F6N2. The van der Waals surface area contributed by atoms with Crippen molar-refractivity contribution < 1.29 is 26.3 Å². The van der Waals surface area contributed by atoms with E-state index in [2.05, 4.69) is 0 Å². The van der Waals surface area contributed by atoms with Crippen LogP contribution in [0.2, 0.25) is 0 Å². The number of nitrogens with two attached hydrogens (primary N) is 2. The molecule has 18 heavy (non-hydrogen) atoms. The maximum atomic E-state index is 12.6. The van der Waals surface area contributed by atoms with Crippen molar-refractivity contribution in [2.75, 3.05) is 6.54 Å². The van der Waals surface area contributed by atoms with Crippen LogP contribution in [0, 0.1) is 0 Å². The number of rotatable bonds is 2. The molecule has 4 N–H and O–H groups in total. The highest BCUT2D eigenvalue weighted by atomic mass is 19.4. The highest BCUT2D eigenvalue weighted by Crippen LogP contribution is 2.38. The zero-order valence-electron chi connectivity index (χ0n) is 8.94. The highest BCUT2D eigenvalue weighted by molar-refractivity contribution is 5.37. The van der Waals surface area contributed by atoms with E-state index < -0.39 is 35.1 Å². The van der Waals surface area contributed by atoms with Gasteiger partial charge >= 0.3 is 12.4 Å². The summed E-state index contributed by atoms with van der Waals surface area (Å²) in [7, 11) is 0. The summed E-state index contributed by atoms with van der Waals surface area (Å²) < 4.78 is 75.0. The Balaban J connectivity index is 3.40. The molecule has 0 aliphatic heterocycles. The van der Waals surface area contributed by atoms with Crippen LogP contribution in [0.4, 0.5) is 26.3 Å². The topological polar surface area (TPSA) is 52.0 Å². The second-order valence-electron chi connectivity index (χ2n) is 3.64. The Kier molecular flexibility index (Phi) is 3.92. The number of hydrogen-bond acceptors (Lipinski definition) is 2. The van der Waals surface area contributed by atoms with E-state index in [1.165, 1.54) is 0 Å². The first-order chi connectivity index (χ1) is 8.07. The van der Waals surface area contributed by atoms with Crippen LogP contribution < -0.4 is 11.5 Å². The Bertz CT molecular complexity index is 423. The van der Waals surface area contributed by atoms with Gasteiger partial charge < -0.3 is 11.5 Å². The lowest BCUT2D eigenvalue weighted by Crippen LogP contribution is -2.25. The van der Waals surface area contributed by atoms with Crippen molar-refractivity contribution in [1.29, 1.82) is 0 Å². The molecule has 1 atom stereocenters. The van der Waals surface area contributed by atoms with Crippen molar-refractivity contribution in [3.63, 3.8) is 0 Å². The Morgan fingerprint density at radius 1 is 1.00 bits per heavy atom. The fourth-order valence-electron chi connectivity index (χ4n) is 1.43. The van der Waals surface area contributed by atoms with Crippen molar-refractivity contribution in [1.82, 2.24) is 0 Å². The summed E-state index contributed by atoms with van der Waals surface area (Å²) in [6.45, 7) is -0.297. The van der Waals surface area contributed by atoms with Crippen LogP contribution in [0.25, 0.3) is 0 Å². The zero-order chi connectivity index (χ0) is 14.1. The number of hydrogen-bond donors (Lipinski definition) is 2. The first-order valence-electron chi connectivity index (χ1n) is 4.81. The third-order valence-corrected chi connectivity index (χ3v) is 2.34. The molecule has 0 radical (unpaired) electrons. The normalized spacial score (nSPS) is 14.7. The molecule has 8 heteroatoms. The van der Waals surface area contributed by atoms with Gasteiger partial charge in [0.1, 0.15) is 0 Å². The van der Waals surface area contributed by atoms with Gasteiger partial charge in [0.15, 0.2) is 0 Å². The van der Waals surface area contributed by atoms with E-state index in [0.717, 1.165) is 0 Å². The van der Waals surface area contributed by atoms with E-state index in [-0.39, 0.29) is 12.6 Å². The minimum atomic E-state index is -4.91. The molecule has 0 spiro atoms. The third kappa shape index (κ3) is 3.14. The Morgan fingerprint density at radius 3 is 1.94 bits per heavy atom. The molecule has 2 nitrogen and oxygen atoms in total. The Morgan fingerprint density at radius 2 is 1.56 bits per heavy atom. The summed E-state index contributed by atoms with van der Waals surface area (Å²) in [4.78, 5) is 0. The van der Waals surface area contributed by atoms with Gasteiger partial charge in [0.25, 0.3) is 0 Å². The molecule has 0 amide bonds. The molecule has 0 bridgehead atoms. The third-order valence-electron chi connectivity index (χ3n) is 2.34. The van der Waals surface area contributed by atoms with Gasteiger partial charge in [-0.05, 0) is 17.7 Å². The van der Waals surface area contributed by atoms with E-state index in [4.69, 9.17) is 11.5 Å². The second kappa shape index (κ2) is 4.77. The standard InChI is InChI=1S/C10H10F6N2/c11-9(12,13)5-1-2-6(8(18)4-17)7(3-5)10(14,15)16/h1-3,8H,4,17-18H2/t8-/m0/s1. The van der Waals surface area contributed by atoms with Crippen LogP contribution in [0.15, 0.2) is 18.2 Å². The molecule has 1 aromatic carbocycles. The van der Waals surface area contributed by atoms with Gasteiger partial charge in [0, 0.05) is 12.6 Å². The van der Waals surface area contributed by atoms with Gasteiger partial charge in [-0.3, -0.25) is 0 Å². The van der Waals surface area contributed by atoms with E-state index in [1.54, 1.807) is 0 Å². The van der Waals surface area contributed by atoms with Crippen LogP contribution in [-0.4, -0.2) is 6.54 Å². The summed E-state index contributed by atoms with van der Waals surface area (Å²) in [6, 6.07) is 0.151. The predicted octanol–water partition coefficient (Wildman–Crippen LogP) is 2.68. The fraction of sp³-hybridized carbons (Fsp3) is 0.400. The van der Waals surface area contributed by atoms with Gasteiger partial charge in [-0.1, -0.05) is 6.07 Å². The van der Waals surface area contributed by atoms with E-state index in [9.17, 15) is 26.3 Å². The molecule has 102 valence electrons. The molecule has 0 aromatic heterocycles. The molecule has 0 fully saturated rings. The number of halogens is 6. The minimum Gasteiger partial charge on any atom is -0.329 e. The summed E-state index contributed by atoms with van der Waals surface area (Å²) in [5.41, 5.74) is 7.24. The Hall–Kier alpha value is -1.28. The van der Waals surface area contributed by atoms with E-state index in [0.29, 0.717) is 12.1 Å². The molecule has 0 aliphatic rings. The van der Waals surface area contributed by atoms with Crippen LogP contribution in [0.1, 0.15) is 22.7 Å². The minimum absolute atomic E-state index is 0.0465. The lowest BCUT2D eigenvalue weighted by Gasteiger charge is -2.19. The second-order valence-corrected chi connectivity index (χ2v) is 3.64. The summed E-state index contributed by atoms with van der Waals surface area (Å²) >= 11 is 0. The molecule has 0 saturated heterocycles. The van der Waals surface area contributed by atoms with E-state index in [1.807, 2.05) is 0 Å². The van der Waals surface area contributed by atoms with Crippen LogP contribution in [0.5, 0.6) is 0 Å². The average Bonchev–Trinajstić information content (AvgIpc) is 2.24. The predicted molar refractivity (Wildman–Crippen MR) is 52.4 cm³/mol. The maximum Gasteiger partial charge on any atom is 0.416 e. The maximum absolute atomic E-state index is 12.6. The van der Waals surface area contributed by atoms with Crippen LogP contribution in [0.3, 0.4) is 0 Å². The molecule has 0 saturated carbocycles. The summed E-state index contributed by atoms with van der Waals surface area (Å²) in [5.74, 6) is 0. The van der Waals surface area contributed by atoms with Gasteiger partial charge in [-0.15, -0.1) is 0 Å². The Labute approximate surface area is 98.6 Å². The van der Waals surface area contributed by atoms with Crippen molar-refractivity contribution in [3.8, 4) is 0 Å². The van der Waals surface area contributed by atoms with Gasteiger partial charge in [0.2, 0.25) is 0 Å². The van der Waals surface area contributed by atoms with Gasteiger partial charge in [0.05, 0.1) is 11.1 Å². The highest BCUT2D eigenvalue weighted by Gasteiger charge is 2.38. The zero-order valence-corrected chi connectivity index (χ0v) is 8.94. The summed E-state index contributed by atoms with van der Waals surface area (Å²) in [6.07, 6.45) is -9.76. The van der Waals surface area contributed by atoms with Crippen LogP contribution in [-0.2, 0) is 12.4 Å². The van der Waals surface area contributed by atoms with Crippen molar-refractivity contribution in [2.24, 2.45) is 11.5 Å². The summed E-state index contributed by atoms with van der Waals surface area (Å²) in [5, 5.41) is 0. The largest absolute Gasteiger partial charge is 0.416 e. The number of alkyl halides is 6. The molecule has 0 aliphatic carbocycles. The SMILES string of the molecule is NC[C@H](N)c1ccc(C(F)(F)F)cc1C(F)(F)F. The van der Waals surface area contributed by atoms with Crippen molar-refractivity contribution >= 4 is 0 Å².